The Bertz CT molecular complexity index is 13.5. The van der Waals surface area contributed by atoms with Crippen molar-refractivity contribution in [2.24, 2.45) is 0 Å². The van der Waals surface area contributed by atoms with Gasteiger partial charge in [0.2, 0.25) is 0 Å². The van der Waals surface area contributed by atoms with Crippen LogP contribution in [0.15, 0.2) is 11.2 Å². The Balaban J connectivity index is 0. The third-order valence-electron chi connectivity index (χ3n) is 0. The summed E-state index contributed by atoms with van der Waals surface area (Å²) in [6, 6.07) is 0. The molecule has 0 aromatic heterocycles. The first-order valence-electron chi connectivity index (χ1n) is 0.816. The molecule has 0 heterocycles. The van der Waals surface area contributed by atoms with Gasteiger partial charge in [0.05, 0.1) is 0 Å². The molecule has 0 bridgehead atoms. The number of hydrogen-bond donors (Lipinski definition) is 0. The molecule has 0 atom stereocenters. The minimum atomic E-state index is 0. The maximum atomic E-state index is 3.42. The molecule has 0 nitrogen and oxygen atoms in total. The fourth-order valence-electron chi connectivity index (χ4n) is 0. The van der Waals surface area contributed by atoms with Gasteiger partial charge in [-0.1, -0.05) is 0 Å². The standard InChI is InChI=1S/C2H3.BrH.Zn/c1-2;;/h1H,2H2;1H;. The first kappa shape index (κ1) is 8.85. The summed E-state index contributed by atoms with van der Waals surface area (Å²) in [5.74, 6) is 0. The molecule has 0 aromatic rings. The SMILES string of the molecule is Br.C=[CH][Zn]. The molecule has 0 aromatic carbocycles. The van der Waals surface area contributed by atoms with Crippen molar-refractivity contribution >= 4 is 17.0 Å². The predicted molar refractivity (Wildman–Crippen MR) is 20.5 cm³/mol. The fraction of sp³-hybridized carbons (Fsp3) is 0. The van der Waals surface area contributed by atoms with E-state index in [0.29, 0.717) is 0 Å². The second kappa shape index (κ2) is 9.14. The molecule has 0 unspecified atom stereocenters. The van der Waals surface area contributed by atoms with Crippen LogP contribution in [-0.2, 0) is 18.3 Å². The average molecular weight is 173 g/mol. The van der Waals surface area contributed by atoms with E-state index in [-0.39, 0.29) is 17.0 Å². The summed E-state index contributed by atoms with van der Waals surface area (Å²) in [5, 5.41) is 0. The van der Waals surface area contributed by atoms with Gasteiger partial charge < -0.3 is 0 Å². The molecule has 4 heavy (non-hydrogen) atoms. The Morgan fingerprint density at radius 3 is 1.75 bits per heavy atom. The first-order valence-corrected chi connectivity index (χ1v) is 2.53. The second-order valence-corrected chi connectivity index (χ2v) is 1.50. The molecule has 0 amide bonds. The van der Waals surface area contributed by atoms with Crippen molar-refractivity contribution in [1.29, 1.82) is 0 Å². The normalized spacial score (nSPS) is 3.50. The molecule has 0 aliphatic rings. The van der Waals surface area contributed by atoms with E-state index in [9.17, 15) is 0 Å². The Morgan fingerprint density at radius 2 is 1.75 bits per heavy atom. The Labute approximate surface area is 46.7 Å². The zero-order valence-corrected chi connectivity index (χ0v) is 7.08. The van der Waals surface area contributed by atoms with E-state index in [2.05, 4.69) is 6.58 Å². The van der Waals surface area contributed by atoms with Crippen molar-refractivity contribution in [2.75, 3.05) is 0 Å². The molecule has 0 fully saturated rings. The molecule has 0 radical (unpaired) electrons. The van der Waals surface area contributed by atoms with Crippen LogP contribution in [0.3, 0.4) is 0 Å². The molecule has 2 heteroatoms. The van der Waals surface area contributed by atoms with Crippen LogP contribution < -0.4 is 0 Å². The van der Waals surface area contributed by atoms with Gasteiger partial charge >= 0.3 is 29.6 Å². The number of halogens is 1. The van der Waals surface area contributed by atoms with E-state index in [1.54, 1.807) is 0 Å². The third kappa shape index (κ3) is 13.6. The summed E-state index contributed by atoms with van der Waals surface area (Å²) < 4.78 is 1.88. The summed E-state index contributed by atoms with van der Waals surface area (Å²) in [6.07, 6.45) is 0. The van der Waals surface area contributed by atoms with Gasteiger partial charge in [0.15, 0.2) is 0 Å². The first-order chi connectivity index (χ1) is 1.41. The van der Waals surface area contributed by atoms with Gasteiger partial charge in [-0.25, -0.2) is 0 Å². The quantitative estimate of drug-likeness (QED) is 0.484. The van der Waals surface area contributed by atoms with Crippen molar-refractivity contribution in [3.63, 3.8) is 0 Å². The van der Waals surface area contributed by atoms with Gasteiger partial charge in [0.1, 0.15) is 0 Å². The maximum absolute atomic E-state index is 3.42. The molecule has 0 spiro atoms. The monoisotopic (exact) mass is 171 g/mol. The molecule has 0 saturated heterocycles. The molecule has 21 valence electrons. The van der Waals surface area contributed by atoms with E-state index < -0.39 is 0 Å². The van der Waals surface area contributed by atoms with Gasteiger partial charge in [-0.3, -0.25) is 0 Å². The summed E-state index contributed by atoms with van der Waals surface area (Å²) in [6.45, 7) is 3.42. The third-order valence-corrected chi connectivity index (χ3v) is 0. The molecule has 0 rings (SSSR count). The van der Waals surface area contributed by atoms with Gasteiger partial charge in [0, 0.05) is 0 Å². The average Bonchev–Trinajstić information content (AvgIpc) is 0.918. The van der Waals surface area contributed by atoms with E-state index in [0.717, 1.165) is 0 Å². The number of hydrogen-bond acceptors (Lipinski definition) is 0. The molecule has 0 saturated carbocycles. The Morgan fingerprint density at radius 1 is 1.75 bits per heavy atom. The Hall–Kier alpha value is 0.843. The van der Waals surface area contributed by atoms with Crippen LogP contribution in [0.1, 0.15) is 0 Å². The van der Waals surface area contributed by atoms with Crippen LogP contribution in [-0.4, -0.2) is 0 Å². The second-order valence-electron chi connectivity index (χ2n) is 0.289. The van der Waals surface area contributed by atoms with Crippen molar-refractivity contribution in [3.05, 3.63) is 11.2 Å². The van der Waals surface area contributed by atoms with Crippen molar-refractivity contribution < 1.29 is 18.3 Å². The minimum absolute atomic E-state index is 0. The molecule has 0 aliphatic carbocycles. The summed E-state index contributed by atoms with van der Waals surface area (Å²) in [5.41, 5.74) is 0. The van der Waals surface area contributed by atoms with Crippen LogP contribution in [0.4, 0.5) is 0 Å². The Kier molecular flexibility index (Phi) is 20.2. The van der Waals surface area contributed by atoms with Crippen LogP contribution >= 0.6 is 17.0 Å². The number of rotatable bonds is 0. The fourth-order valence-corrected chi connectivity index (χ4v) is 0. The predicted octanol–water partition coefficient (Wildman–Crippen LogP) is 1.25. The van der Waals surface area contributed by atoms with E-state index in [4.69, 9.17) is 0 Å². The van der Waals surface area contributed by atoms with Crippen molar-refractivity contribution in [2.45, 2.75) is 0 Å². The van der Waals surface area contributed by atoms with Crippen molar-refractivity contribution in [1.82, 2.24) is 0 Å². The van der Waals surface area contributed by atoms with E-state index in [1.165, 1.54) is 18.3 Å². The summed E-state index contributed by atoms with van der Waals surface area (Å²) in [4.78, 5) is 0. The molecular formula is C2H4BrZn. The van der Waals surface area contributed by atoms with Gasteiger partial charge in [-0.15, -0.1) is 17.0 Å². The van der Waals surface area contributed by atoms with Crippen LogP contribution in [0.5, 0.6) is 0 Å². The van der Waals surface area contributed by atoms with Gasteiger partial charge in [-0.2, -0.15) is 0 Å². The summed E-state index contributed by atoms with van der Waals surface area (Å²) in [7, 11) is 0. The van der Waals surface area contributed by atoms with Gasteiger partial charge in [-0.05, 0) is 0 Å². The zero-order chi connectivity index (χ0) is 2.71. The van der Waals surface area contributed by atoms with Crippen LogP contribution in [0.2, 0.25) is 0 Å². The van der Waals surface area contributed by atoms with E-state index in [1.807, 2.05) is 4.67 Å². The summed E-state index contributed by atoms with van der Waals surface area (Å²) >= 11 is 1.21. The van der Waals surface area contributed by atoms with Crippen molar-refractivity contribution in [3.8, 4) is 0 Å². The molecular weight excluding hydrogens is 169 g/mol. The topological polar surface area (TPSA) is 0 Å². The van der Waals surface area contributed by atoms with E-state index >= 15 is 0 Å². The van der Waals surface area contributed by atoms with Gasteiger partial charge in [0.25, 0.3) is 0 Å². The molecule has 0 aliphatic heterocycles. The molecule has 0 N–H and O–H groups in total. The zero-order valence-electron chi connectivity index (χ0n) is 2.40. The van der Waals surface area contributed by atoms with Crippen LogP contribution in [0, 0.1) is 0 Å². The van der Waals surface area contributed by atoms with Crippen LogP contribution in [0.25, 0.3) is 0 Å².